The molecule has 30 heavy (non-hydrogen) atoms. The molecule has 11 heteroatoms. The van der Waals surface area contributed by atoms with E-state index in [1.54, 1.807) is 13.8 Å². The monoisotopic (exact) mass is 420 g/mol. The van der Waals surface area contributed by atoms with Crippen molar-refractivity contribution >= 4 is 11.6 Å². The van der Waals surface area contributed by atoms with Gasteiger partial charge in [-0.05, 0) is 39.8 Å². The van der Waals surface area contributed by atoms with Gasteiger partial charge in [-0.3, -0.25) is 9.59 Å². The van der Waals surface area contributed by atoms with E-state index in [9.17, 15) is 22.8 Å². The largest absolute Gasteiger partial charge is 0.417 e. The van der Waals surface area contributed by atoms with Crippen LogP contribution in [0.1, 0.15) is 33.9 Å². The Morgan fingerprint density at radius 1 is 1.13 bits per heavy atom. The molecule has 158 valence electrons. The van der Waals surface area contributed by atoms with E-state index in [2.05, 4.69) is 20.4 Å². The van der Waals surface area contributed by atoms with Crippen molar-refractivity contribution in [2.75, 3.05) is 5.32 Å². The number of hydrogen-bond donors (Lipinski definition) is 2. The first-order valence-corrected chi connectivity index (χ1v) is 8.93. The van der Waals surface area contributed by atoms with Crippen molar-refractivity contribution in [1.82, 2.24) is 24.7 Å². The number of carbonyl (C=O) groups is 1. The lowest BCUT2D eigenvalue weighted by atomic mass is 10.1. The number of H-pyrrole nitrogens is 1. The summed E-state index contributed by atoms with van der Waals surface area (Å²) in [6.07, 6.45) is -4.28. The van der Waals surface area contributed by atoms with Crippen molar-refractivity contribution in [3.8, 4) is 5.95 Å². The number of halogens is 3. The van der Waals surface area contributed by atoms with Crippen LogP contribution in [0.4, 0.5) is 18.9 Å². The van der Waals surface area contributed by atoms with E-state index >= 15 is 0 Å². The fourth-order valence-corrected chi connectivity index (χ4v) is 3.02. The Labute approximate surface area is 169 Å². The van der Waals surface area contributed by atoms with Crippen LogP contribution in [0.2, 0.25) is 0 Å². The summed E-state index contributed by atoms with van der Waals surface area (Å²) in [6, 6.07) is 2.42. The minimum absolute atomic E-state index is 0.182. The fourth-order valence-electron chi connectivity index (χ4n) is 3.02. The Morgan fingerprint density at radius 3 is 2.37 bits per heavy atom. The molecule has 0 aliphatic heterocycles. The molecule has 3 rings (SSSR count). The van der Waals surface area contributed by atoms with Gasteiger partial charge in [-0.15, -0.1) is 0 Å². The zero-order chi connectivity index (χ0) is 22.2. The molecule has 1 amide bonds. The molecule has 0 aliphatic rings. The summed E-state index contributed by atoms with van der Waals surface area (Å²) in [6.45, 7) is 7.09. The number of carbonyl (C=O) groups excluding carboxylic acids is 1. The third-order valence-corrected chi connectivity index (χ3v) is 4.44. The first kappa shape index (κ1) is 21.2. The van der Waals surface area contributed by atoms with Gasteiger partial charge in [0.2, 0.25) is 5.91 Å². The maximum Gasteiger partial charge on any atom is 0.417 e. The Morgan fingerprint density at radius 2 is 1.77 bits per heavy atom. The zero-order valence-corrected chi connectivity index (χ0v) is 16.7. The highest BCUT2D eigenvalue weighted by Gasteiger charge is 2.31. The van der Waals surface area contributed by atoms with Gasteiger partial charge in [0.05, 0.1) is 17.7 Å². The van der Waals surface area contributed by atoms with Crippen LogP contribution in [0.5, 0.6) is 0 Å². The number of nitrogens with zero attached hydrogens (tertiary/aromatic N) is 4. The zero-order valence-electron chi connectivity index (χ0n) is 16.7. The first-order chi connectivity index (χ1) is 14.0. The molecule has 0 unspecified atom stereocenters. The number of nitrogens with one attached hydrogen (secondary N) is 2. The summed E-state index contributed by atoms with van der Waals surface area (Å²) in [5.74, 6) is -0.291. The average Bonchev–Trinajstić information content (AvgIpc) is 2.90. The fraction of sp³-hybridized carbons (Fsp3) is 0.316. The van der Waals surface area contributed by atoms with E-state index in [1.165, 1.54) is 4.68 Å². The molecule has 0 spiro atoms. The van der Waals surface area contributed by atoms with Crippen LogP contribution in [0, 0.1) is 27.7 Å². The number of aromatic amines is 1. The lowest BCUT2D eigenvalue weighted by Gasteiger charge is -2.09. The predicted octanol–water partition coefficient (Wildman–Crippen LogP) is 2.78. The van der Waals surface area contributed by atoms with Gasteiger partial charge in [0.1, 0.15) is 5.69 Å². The van der Waals surface area contributed by atoms with Crippen molar-refractivity contribution in [3.63, 3.8) is 0 Å². The number of aromatic nitrogens is 5. The van der Waals surface area contributed by atoms with Gasteiger partial charge in [-0.25, -0.2) is 14.6 Å². The maximum absolute atomic E-state index is 12.9. The van der Waals surface area contributed by atoms with Crippen molar-refractivity contribution in [1.29, 1.82) is 0 Å². The molecule has 0 saturated carbocycles. The highest BCUT2D eigenvalue weighted by atomic mass is 19.4. The third-order valence-electron chi connectivity index (χ3n) is 4.44. The summed E-state index contributed by atoms with van der Waals surface area (Å²) in [5, 5.41) is 6.62. The van der Waals surface area contributed by atoms with E-state index in [-0.39, 0.29) is 6.42 Å². The molecular weight excluding hydrogens is 401 g/mol. The molecule has 0 radical (unpaired) electrons. The highest BCUT2D eigenvalue weighted by molar-refractivity contribution is 5.92. The minimum Gasteiger partial charge on any atom is -0.327 e. The topological polar surface area (TPSA) is 106 Å². The lowest BCUT2D eigenvalue weighted by Crippen LogP contribution is -2.23. The van der Waals surface area contributed by atoms with Gasteiger partial charge in [0, 0.05) is 28.8 Å². The van der Waals surface area contributed by atoms with Crippen LogP contribution < -0.4 is 10.9 Å². The molecule has 8 nitrogen and oxygen atoms in total. The first-order valence-electron chi connectivity index (χ1n) is 8.93. The summed E-state index contributed by atoms with van der Waals surface area (Å²) >= 11 is 0. The van der Waals surface area contributed by atoms with Gasteiger partial charge in [0.15, 0.2) is 0 Å². The van der Waals surface area contributed by atoms with Crippen LogP contribution >= 0.6 is 0 Å². The number of pyridine rings is 1. The quantitative estimate of drug-likeness (QED) is 0.675. The van der Waals surface area contributed by atoms with E-state index < -0.39 is 28.9 Å². The van der Waals surface area contributed by atoms with Crippen molar-refractivity contribution in [2.24, 2.45) is 0 Å². The summed E-state index contributed by atoms with van der Waals surface area (Å²) in [7, 11) is 0. The Hall–Kier alpha value is -3.50. The SMILES string of the molecule is Cc1cc(C)nc(-n2nc(C)c(CC(=O)Nc3cc(C(F)(F)F)c[nH]c3=O)c2C)n1. The van der Waals surface area contributed by atoms with Crippen LogP contribution in [0.25, 0.3) is 5.95 Å². The minimum atomic E-state index is -4.65. The Balaban J connectivity index is 1.86. The van der Waals surface area contributed by atoms with Gasteiger partial charge in [-0.2, -0.15) is 18.3 Å². The second-order valence-corrected chi connectivity index (χ2v) is 6.87. The Kier molecular flexibility index (Phi) is 5.47. The second-order valence-electron chi connectivity index (χ2n) is 6.87. The number of rotatable bonds is 4. The van der Waals surface area contributed by atoms with Crippen molar-refractivity contribution in [3.05, 3.63) is 62.6 Å². The number of hydrogen-bond acceptors (Lipinski definition) is 5. The van der Waals surface area contributed by atoms with Crippen LogP contribution in [-0.2, 0) is 17.4 Å². The lowest BCUT2D eigenvalue weighted by molar-refractivity contribution is -0.137. The standard InChI is InChI=1S/C19H19F3N6O2/c1-9-5-10(2)25-18(24-9)28-12(4)14(11(3)27-28)7-16(29)26-15-6-13(19(20,21)22)8-23-17(15)30/h5-6,8H,7H2,1-4H3,(H,23,30)(H,26,29). The molecule has 3 aromatic heterocycles. The van der Waals surface area contributed by atoms with Crippen LogP contribution in [0.3, 0.4) is 0 Å². The molecule has 0 atom stereocenters. The Bertz CT molecular complexity index is 1160. The number of anilines is 1. The highest BCUT2D eigenvalue weighted by Crippen LogP contribution is 2.29. The number of aryl methyl sites for hydroxylation is 3. The van der Waals surface area contributed by atoms with E-state index in [1.807, 2.05) is 24.9 Å². The van der Waals surface area contributed by atoms with Gasteiger partial charge >= 0.3 is 6.18 Å². The summed E-state index contributed by atoms with van der Waals surface area (Å²) < 4.78 is 40.1. The van der Waals surface area contributed by atoms with Gasteiger partial charge in [0.25, 0.3) is 11.5 Å². The molecule has 0 bridgehead atoms. The smallest absolute Gasteiger partial charge is 0.327 e. The van der Waals surface area contributed by atoms with Crippen LogP contribution in [-0.4, -0.2) is 30.6 Å². The maximum atomic E-state index is 12.9. The van der Waals surface area contributed by atoms with Crippen molar-refractivity contribution < 1.29 is 18.0 Å². The molecule has 2 N–H and O–H groups in total. The molecule has 0 saturated heterocycles. The predicted molar refractivity (Wildman–Crippen MR) is 103 cm³/mol. The summed E-state index contributed by atoms with van der Waals surface area (Å²) in [4.78, 5) is 34.9. The number of alkyl halides is 3. The van der Waals surface area contributed by atoms with E-state index in [0.717, 1.165) is 11.4 Å². The van der Waals surface area contributed by atoms with Crippen LogP contribution in [0.15, 0.2) is 23.1 Å². The molecular formula is C19H19F3N6O2. The second kappa shape index (κ2) is 7.73. The van der Waals surface area contributed by atoms with E-state index in [0.29, 0.717) is 35.2 Å². The normalized spacial score (nSPS) is 11.6. The number of amides is 1. The molecule has 3 aromatic rings. The molecule has 0 aliphatic carbocycles. The average molecular weight is 420 g/mol. The van der Waals surface area contributed by atoms with Gasteiger partial charge < -0.3 is 10.3 Å². The molecule has 0 fully saturated rings. The molecule has 0 aromatic carbocycles. The van der Waals surface area contributed by atoms with E-state index in [4.69, 9.17) is 0 Å². The van der Waals surface area contributed by atoms with Crippen molar-refractivity contribution in [2.45, 2.75) is 40.3 Å². The summed E-state index contributed by atoms with van der Waals surface area (Å²) in [5.41, 5.74) is 0.873. The van der Waals surface area contributed by atoms with Gasteiger partial charge in [-0.1, -0.05) is 0 Å². The third kappa shape index (κ3) is 4.39. The molecule has 3 heterocycles.